The summed E-state index contributed by atoms with van der Waals surface area (Å²) in [6.45, 7) is 11.6. The Bertz CT molecular complexity index is 320. The zero-order chi connectivity index (χ0) is 22.7. The Morgan fingerprint density at radius 1 is 0.633 bits per heavy atom. The maximum absolute atomic E-state index is 10.2. The fourth-order valence-corrected chi connectivity index (χ4v) is 3.86. The predicted molar refractivity (Wildman–Crippen MR) is 137 cm³/mol. The Morgan fingerprint density at radius 2 is 1.10 bits per heavy atom. The first kappa shape index (κ1) is 31.9. The van der Waals surface area contributed by atoms with Gasteiger partial charge in [-0.3, -0.25) is 0 Å². The molecule has 0 heterocycles. The van der Waals surface area contributed by atoms with Crippen LogP contribution in [0.5, 0.6) is 0 Å². The quantitative estimate of drug-likeness (QED) is 0.133. The molecule has 1 atom stereocenters. The Hall–Kier alpha value is -0.300. The van der Waals surface area contributed by atoms with Gasteiger partial charge in [0.2, 0.25) is 0 Å². The van der Waals surface area contributed by atoms with E-state index in [1.165, 1.54) is 121 Å². The van der Waals surface area contributed by atoms with E-state index in [2.05, 4.69) is 40.7 Å². The molecule has 1 unspecified atom stereocenters. The van der Waals surface area contributed by atoms with Crippen molar-refractivity contribution in [3.63, 3.8) is 0 Å². The molecule has 0 aliphatic carbocycles. The summed E-state index contributed by atoms with van der Waals surface area (Å²) in [5.41, 5.74) is 1.54. The average molecular weight is 424 g/mol. The Kier molecular flexibility index (Phi) is 30.5. The van der Waals surface area contributed by atoms with Crippen molar-refractivity contribution in [2.45, 2.75) is 163 Å². The van der Waals surface area contributed by atoms with Gasteiger partial charge < -0.3 is 5.11 Å². The smallest absolute Gasteiger partial charge is 0.0323 e. The lowest BCUT2D eigenvalue weighted by molar-refractivity contribution is -0.368. The van der Waals surface area contributed by atoms with Crippen molar-refractivity contribution in [1.82, 2.24) is 0 Å². The summed E-state index contributed by atoms with van der Waals surface area (Å²) in [4.78, 5) is 0. The lowest BCUT2D eigenvalue weighted by atomic mass is 9.96. The molecule has 1 nitrogen and oxygen atoms in total. The first-order valence-electron chi connectivity index (χ1n) is 13.9. The molecule has 0 amide bonds. The summed E-state index contributed by atoms with van der Waals surface area (Å²) in [6, 6.07) is 0. The van der Waals surface area contributed by atoms with Crippen LogP contribution in [0.4, 0.5) is 0 Å². The van der Waals surface area contributed by atoms with Crippen LogP contribution in [0.1, 0.15) is 163 Å². The molecule has 0 bridgehead atoms. The highest BCUT2D eigenvalue weighted by atomic mass is 16.2. The molecule has 0 aromatic carbocycles. The second-order valence-electron chi connectivity index (χ2n) is 9.57. The minimum absolute atomic E-state index is 0.0969. The van der Waals surface area contributed by atoms with Crippen molar-refractivity contribution >= 4 is 0 Å². The molecular weight excluding hydrogens is 364 g/mol. The van der Waals surface area contributed by atoms with Crippen LogP contribution in [0.15, 0.2) is 11.6 Å². The van der Waals surface area contributed by atoms with Crippen LogP contribution in [0, 0.1) is 5.92 Å². The van der Waals surface area contributed by atoms with Crippen molar-refractivity contribution in [3.05, 3.63) is 11.6 Å². The topological polar surface area (TPSA) is 23.1 Å². The molecule has 0 spiro atoms. The first-order chi connectivity index (χ1) is 14.6. The highest BCUT2D eigenvalue weighted by Crippen LogP contribution is 2.17. The van der Waals surface area contributed by atoms with Crippen molar-refractivity contribution in [2.24, 2.45) is 5.92 Å². The Morgan fingerprint density at radius 3 is 1.63 bits per heavy atom. The summed E-state index contributed by atoms with van der Waals surface area (Å²) >= 11 is 0. The third kappa shape index (κ3) is 29.9. The summed E-state index contributed by atoms with van der Waals surface area (Å²) in [5, 5.41) is 10.2. The van der Waals surface area contributed by atoms with E-state index in [9.17, 15) is 5.11 Å². The minimum Gasteiger partial charge on any atom is -0.854 e. The first-order valence-corrected chi connectivity index (χ1v) is 13.9. The molecule has 1 heteroatoms. The van der Waals surface area contributed by atoms with Gasteiger partial charge >= 0.3 is 0 Å². The van der Waals surface area contributed by atoms with Crippen LogP contribution in [0.25, 0.3) is 0 Å². The maximum atomic E-state index is 10.2. The standard InChI is InChI=1S/C15H32.C14H27O/c1-4-6-8-10-12-14-15(3)13-11-9-7-5-2;1-3-4-5-8-11-14(2)12-9-6-7-10-13-15/h15H,4-14H2,1-3H3;12H,3-11,13H2,1-2H3/q;-1/b;14-12+. The number of rotatable bonds is 21. The number of unbranched alkanes of at least 4 members (excludes halogenated alkanes) is 13. The highest BCUT2D eigenvalue weighted by molar-refractivity contribution is 4.97. The normalized spacial score (nSPS) is 12.5. The number of hydrogen-bond donors (Lipinski definition) is 0. The van der Waals surface area contributed by atoms with E-state index >= 15 is 0 Å². The summed E-state index contributed by atoms with van der Waals surface area (Å²) in [6.07, 6.45) is 29.2. The average Bonchev–Trinajstić information content (AvgIpc) is 2.74. The van der Waals surface area contributed by atoms with Crippen molar-refractivity contribution in [2.75, 3.05) is 6.61 Å². The van der Waals surface area contributed by atoms with Gasteiger partial charge in [0, 0.05) is 0 Å². The largest absolute Gasteiger partial charge is 0.854 e. The summed E-state index contributed by atoms with van der Waals surface area (Å²) < 4.78 is 0. The van der Waals surface area contributed by atoms with Crippen LogP contribution in [0.2, 0.25) is 0 Å². The lowest BCUT2D eigenvalue weighted by Crippen LogP contribution is -2.04. The van der Waals surface area contributed by atoms with Crippen LogP contribution in [0.3, 0.4) is 0 Å². The maximum Gasteiger partial charge on any atom is -0.0323 e. The van der Waals surface area contributed by atoms with Gasteiger partial charge in [0.05, 0.1) is 0 Å². The van der Waals surface area contributed by atoms with Gasteiger partial charge in [0.15, 0.2) is 0 Å². The monoisotopic (exact) mass is 423 g/mol. The van der Waals surface area contributed by atoms with Crippen molar-refractivity contribution < 1.29 is 5.11 Å². The zero-order valence-electron chi connectivity index (χ0n) is 21.9. The van der Waals surface area contributed by atoms with Crippen LogP contribution < -0.4 is 5.11 Å². The van der Waals surface area contributed by atoms with E-state index in [1.54, 1.807) is 0 Å². The lowest BCUT2D eigenvalue weighted by Gasteiger charge is -2.10. The second kappa shape index (κ2) is 28.7. The molecular formula is C29H59O-. The summed E-state index contributed by atoms with van der Waals surface area (Å²) in [5.74, 6) is 0.975. The fourth-order valence-electron chi connectivity index (χ4n) is 3.86. The Labute approximate surface area is 192 Å². The number of hydrogen-bond acceptors (Lipinski definition) is 1. The van der Waals surface area contributed by atoms with Gasteiger partial charge in [0.25, 0.3) is 0 Å². The molecule has 0 saturated heterocycles. The molecule has 0 aromatic heterocycles. The highest BCUT2D eigenvalue weighted by Gasteiger charge is 2.01. The van der Waals surface area contributed by atoms with Gasteiger partial charge in [-0.15, -0.1) is 6.61 Å². The SMILES string of the molecule is CCCCCC/C(C)=C/CCCCC[O-].CCCCCCCC(C)CCCCCC. The fraction of sp³-hybridized carbons (Fsp3) is 0.931. The predicted octanol–water partition coefficient (Wildman–Crippen LogP) is 9.78. The third-order valence-electron chi connectivity index (χ3n) is 6.12. The molecule has 30 heavy (non-hydrogen) atoms. The molecule has 182 valence electrons. The molecule has 0 aliphatic heterocycles. The molecule has 0 radical (unpaired) electrons. The van der Waals surface area contributed by atoms with Crippen LogP contribution in [-0.2, 0) is 0 Å². The van der Waals surface area contributed by atoms with Gasteiger partial charge in [0.1, 0.15) is 0 Å². The van der Waals surface area contributed by atoms with E-state index in [1.807, 2.05) is 0 Å². The molecule has 0 N–H and O–H groups in total. The van der Waals surface area contributed by atoms with Crippen molar-refractivity contribution in [1.29, 1.82) is 0 Å². The molecule has 0 saturated carbocycles. The van der Waals surface area contributed by atoms with Crippen LogP contribution in [-0.4, -0.2) is 6.61 Å². The van der Waals surface area contributed by atoms with Crippen LogP contribution >= 0.6 is 0 Å². The molecule has 0 fully saturated rings. The van der Waals surface area contributed by atoms with E-state index in [-0.39, 0.29) is 6.61 Å². The van der Waals surface area contributed by atoms with Gasteiger partial charge in [-0.25, -0.2) is 0 Å². The van der Waals surface area contributed by atoms with Gasteiger partial charge in [-0.1, -0.05) is 142 Å². The van der Waals surface area contributed by atoms with Crippen molar-refractivity contribution in [3.8, 4) is 0 Å². The van der Waals surface area contributed by atoms with Gasteiger partial charge in [-0.2, -0.15) is 0 Å². The third-order valence-corrected chi connectivity index (χ3v) is 6.12. The van der Waals surface area contributed by atoms with Gasteiger partial charge in [-0.05, 0) is 38.5 Å². The molecule has 0 aromatic rings. The van der Waals surface area contributed by atoms with E-state index in [0.717, 1.165) is 18.8 Å². The second-order valence-corrected chi connectivity index (χ2v) is 9.57. The Balaban J connectivity index is 0. The number of allylic oxidation sites excluding steroid dienone is 2. The minimum atomic E-state index is 0.0969. The molecule has 0 rings (SSSR count). The van der Waals surface area contributed by atoms with E-state index < -0.39 is 0 Å². The van der Waals surface area contributed by atoms with E-state index in [4.69, 9.17) is 0 Å². The summed E-state index contributed by atoms with van der Waals surface area (Å²) in [7, 11) is 0. The van der Waals surface area contributed by atoms with E-state index in [0.29, 0.717) is 0 Å². The molecule has 0 aliphatic rings. The zero-order valence-corrected chi connectivity index (χ0v) is 21.9.